The SMILES string of the molecule is CC(O[Si](C)(C)C(C)(C)C)c1nnc(CC2CC(NC(=O)c3cc(-c4ccccc4)no3)C2)o1. The number of rotatable bonds is 8. The standard InChI is InChI=1S/C25H34N4O4Si/c1-16(33-34(5,6)25(2,3)4)24-28-27-22(31-24)14-17-12-19(13-17)26-23(30)21-15-20(29-32-21)18-10-8-7-9-11-18/h7-11,15-17,19H,12-14H2,1-6H3,(H,26,30). The zero-order chi connectivity index (χ0) is 24.5. The van der Waals surface area contributed by atoms with Crippen LogP contribution in [0.25, 0.3) is 11.3 Å². The van der Waals surface area contributed by atoms with Crippen LogP contribution in [0.5, 0.6) is 0 Å². The topological polar surface area (TPSA) is 103 Å². The fraction of sp³-hybridized carbons (Fsp3) is 0.520. The molecule has 3 aromatic rings. The third-order valence-corrected chi connectivity index (χ3v) is 11.5. The Hall–Kier alpha value is -2.78. The number of carbonyl (C=O) groups is 1. The summed E-state index contributed by atoms with van der Waals surface area (Å²) in [6.07, 6.45) is 2.20. The summed E-state index contributed by atoms with van der Waals surface area (Å²) in [7, 11) is -1.92. The highest BCUT2D eigenvalue weighted by molar-refractivity contribution is 6.74. The van der Waals surface area contributed by atoms with Gasteiger partial charge in [0.2, 0.25) is 17.5 Å². The molecule has 0 saturated heterocycles. The van der Waals surface area contributed by atoms with Crippen LogP contribution >= 0.6 is 0 Å². The minimum absolute atomic E-state index is 0.103. The predicted octanol–water partition coefficient (Wildman–Crippen LogP) is 5.56. The molecule has 1 saturated carbocycles. The zero-order valence-electron chi connectivity index (χ0n) is 20.8. The van der Waals surface area contributed by atoms with Gasteiger partial charge < -0.3 is 18.7 Å². The van der Waals surface area contributed by atoms with Crippen molar-refractivity contribution in [2.75, 3.05) is 0 Å². The smallest absolute Gasteiger partial charge is 0.290 e. The minimum atomic E-state index is -1.92. The third kappa shape index (κ3) is 5.47. The first kappa shape index (κ1) is 24.3. The second kappa shape index (κ2) is 9.46. The summed E-state index contributed by atoms with van der Waals surface area (Å²) >= 11 is 0. The van der Waals surface area contributed by atoms with Gasteiger partial charge in [-0.2, -0.15) is 0 Å². The normalized spacial score (nSPS) is 19.5. The molecule has 4 rings (SSSR count). The molecule has 9 heteroatoms. The average Bonchev–Trinajstić information content (AvgIpc) is 3.42. The van der Waals surface area contributed by atoms with Gasteiger partial charge in [0.15, 0.2) is 8.32 Å². The van der Waals surface area contributed by atoms with E-state index in [9.17, 15) is 4.79 Å². The van der Waals surface area contributed by atoms with E-state index in [0.29, 0.717) is 29.8 Å². The Labute approximate surface area is 201 Å². The van der Waals surface area contributed by atoms with E-state index in [-0.39, 0.29) is 28.9 Å². The molecule has 0 bridgehead atoms. The van der Waals surface area contributed by atoms with Crippen LogP contribution in [0.15, 0.2) is 45.3 Å². The van der Waals surface area contributed by atoms with Crippen LogP contribution in [-0.2, 0) is 10.8 Å². The van der Waals surface area contributed by atoms with E-state index in [4.69, 9.17) is 13.4 Å². The maximum atomic E-state index is 12.5. The molecule has 34 heavy (non-hydrogen) atoms. The zero-order valence-corrected chi connectivity index (χ0v) is 21.8. The van der Waals surface area contributed by atoms with E-state index in [1.807, 2.05) is 37.3 Å². The molecule has 0 spiro atoms. The Balaban J connectivity index is 1.24. The van der Waals surface area contributed by atoms with Gasteiger partial charge in [-0.1, -0.05) is 56.3 Å². The largest absolute Gasteiger partial charge is 0.422 e. The van der Waals surface area contributed by atoms with E-state index in [1.165, 1.54) is 0 Å². The number of aromatic nitrogens is 3. The number of hydrogen-bond acceptors (Lipinski definition) is 7. The Morgan fingerprint density at radius 1 is 1.21 bits per heavy atom. The highest BCUT2D eigenvalue weighted by atomic mass is 28.4. The molecule has 182 valence electrons. The summed E-state index contributed by atoms with van der Waals surface area (Å²) in [5.74, 6) is 1.53. The molecule has 1 fully saturated rings. The van der Waals surface area contributed by atoms with Gasteiger partial charge in [-0.3, -0.25) is 4.79 Å². The lowest BCUT2D eigenvalue weighted by Crippen LogP contribution is -2.44. The van der Waals surface area contributed by atoms with Gasteiger partial charge in [-0.25, -0.2) is 0 Å². The van der Waals surface area contributed by atoms with Crippen LogP contribution in [0.4, 0.5) is 0 Å². The molecule has 1 N–H and O–H groups in total. The van der Waals surface area contributed by atoms with Crippen LogP contribution in [0.2, 0.25) is 18.1 Å². The number of carbonyl (C=O) groups excluding carboxylic acids is 1. The number of nitrogens with one attached hydrogen (secondary N) is 1. The molecule has 1 unspecified atom stereocenters. The first-order valence-electron chi connectivity index (χ1n) is 11.8. The van der Waals surface area contributed by atoms with Crippen molar-refractivity contribution in [2.45, 2.75) is 77.2 Å². The van der Waals surface area contributed by atoms with E-state index < -0.39 is 8.32 Å². The summed E-state index contributed by atoms with van der Waals surface area (Å²) < 4.78 is 17.5. The van der Waals surface area contributed by atoms with Gasteiger partial charge in [0, 0.05) is 24.1 Å². The Bertz CT molecular complexity index is 1110. The van der Waals surface area contributed by atoms with Crippen LogP contribution in [0, 0.1) is 5.92 Å². The third-order valence-electron chi connectivity index (χ3n) is 6.95. The second-order valence-corrected chi connectivity index (χ2v) is 15.5. The minimum Gasteiger partial charge on any atom is -0.422 e. The van der Waals surface area contributed by atoms with Crippen molar-refractivity contribution in [3.8, 4) is 11.3 Å². The summed E-state index contributed by atoms with van der Waals surface area (Å²) in [5.41, 5.74) is 1.56. The first-order chi connectivity index (χ1) is 16.0. The average molecular weight is 483 g/mol. The maximum absolute atomic E-state index is 12.5. The Kier molecular flexibility index (Phi) is 6.77. The first-order valence-corrected chi connectivity index (χ1v) is 14.8. The lowest BCUT2D eigenvalue weighted by molar-refractivity contribution is 0.0849. The number of hydrogen-bond donors (Lipinski definition) is 1. The molecule has 1 aliphatic carbocycles. The van der Waals surface area contributed by atoms with Crippen molar-refractivity contribution in [3.63, 3.8) is 0 Å². The van der Waals surface area contributed by atoms with Crippen molar-refractivity contribution >= 4 is 14.2 Å². The fourth-order valence-electron chi connectivity index (χ4n) is 3.83. The van der Waals surface area contributed by atoms with Gasteiger partial charge in [0.25, 0.3) is 5.91 Å². The number of nitrogens with zero attached hydrogens (tertiary/aromatic N) is 3. The van der Waals surface area contributed by atoms with Gasteiger partial charge in [-0.05, 0) is 43.8 Å². The fourth-order valence-corrected chi connectivity index (χ4v) is 5.17. The van der Waals surface area contributed by atoms with E-state index in [1.54, 1.807) is 6.07 Å². The van der Waals surface area contributed by atoms with Crippen molar-refractivity contribution < 1.29 is 18.2 Å². The molecule has 8 nitrogen and oxygen atoms in total. The molecule has 1 atom stereocenters. The lowest BCUT2D eigenvalue weighted by atomic mass is 9.78. The highest BCUT2D eigenvalue weighted by Gasteiger charge is 2.39. The monoisotopic (exact) mass is 482 g/mol. The molecule has 2 heterocycles. The van der Waals surface area contributed by atoms with Crippen molar-refractivity contribution in [1.29, 1.82) is 0 Å². The molecule has 1 amide bonds. The molecular formula is C25H34N4O4Si. The van der Waals surface area contributed by atoms with E-state index in [2.05, 4.69) is 54.5 Å². The van der Waals surface area contributed by atoms with Crippen molar-refractivity contribution in [1.82, 2.24) is 20.7 Å². The predicted molar refractivity (Wildman–Crippen MR) is 131 cm³/mol. The van der Waals surface area contributed by atoms with Crippen molar-refractivity contribution in [2.24, 2.45) is 5.92 Å². The van der Waals surface area contributed by atoms with Crippen LogP contribution in [-0.4, -0.2) is 35.6 Å². The molecule has 2 aromatic heterocycles. The quantitative estimate of drug-likeness (QED) is 0.419. The highest BCUT2D eigenvalue weighted by Crippen LogP contribution is 2.39. The van der Waals surface area contributed by atoms with Crippen molar-refractivity contribution in [3.05, 3.63) is 53.9 Å². The summed E-state index contributed by atoms with van der Waals surface area (Å²) in [6, 6.07) is 11.4. The summed E-state index contributed by atoms with van der Waals surface area (Å²) in [5, 5.41) is 15.6. The van der Waals surface area contributed by atoms with Gasteiger partial charge >= 0.3 is 0 Å². The van der Waals surface area contributed by atoms with Crippen LogP contribution in [0.3, 0.4) is 0 Å². The van der Waals surface area contributed by atoms with Gasteiger partial charge in [0.05, 0.1) is 0 Å². The molecular weight excluding hydrogens is 448 g/mol. The summed E-state index contributed by atoms with van der Waals surface area (Å²) in [6.45, 7) is 13.0. The lowest BCUT2D eigenvalue weighted by Gasteiger charge is -2.37. The van der Waals surface area contributed by atoms with Crippen LogP contribution in [0.1, 0.15) is 69.0 Å². The molecule has 1 aromatic carbocycles. The number of benzene rings is 1. The molecule has 0 aliphatic heterocycles. The maximum Gasteiger partial charge on any atom is 0.290 e. The number of amides is 1. The molecule has 1 aliphatic rings. The Morgan fingerprint density at radius 2 is 1.91 bits per heavy atom. The van der Waals surface area contributed by atoms with E-state index >= 15 is 0 Å². The summed E-state index contributed by atoms with van der Waals surface area (Å²) in [4.78, 5) is 12.5. The van der Waals surface area contributed by atoms with Crippen LogP contribution < -0.4 is 5.32 Å². The Morgan fingerprint density at radius 3 is 2.59 bits per heavy atom. The second-order valence-electron chi connectivity index (χ2n) is 10.7. The molecule has 0 radical (unpaired) electrons. The van der Waals surface area contributed by atoms with Gasteiger partial charge in [-0.15, -0.1) is 10.2 Å². The van der Waals surface area contributed by atoms with Gasteiger partial charge in [0.1, 0.15) is 11.8 Å². The van der Waals surface area contributed by atoms with E-state index in [0.717, 1.165) is 18.4 Å².